The summed E-state index contributed by atoms with van der Waals surface area (Å²) in [4.78, 5) is 11.8. The molecule has 0 amide bonds. The molecule has 0 unspecified atom stereocenters. The molecule has 0 aliphatic carbocycles. The van der Waals surface area contributed by atoms with Crippen LogP contribution in [0.25, 0.3) is 6.08 Å². The summed E-state index contributed by atoms with van der Waals surface area (Å²) >= 11 is 3.41. The molecule has 0 saturated heterocycles. The molecule has 0 saturated carbocycles. The van der Waals surface area contributed by atoms with Gasteiger partial charge in [-0.15, -0.1) is 5.10 Å². The first-order valence-electron chi connectivity index (χ1n) is 7.72. The second-order valence-electron chi connectivity index (χ2n) is 5.39. The van der Waals surface area contributed by atoms with Crippen LogP contribution in [0, 0.1) is 0 Å². The summed E-state index contributed by atoms with van der Waals surface area (Å²) in [5.74, 6) is -0.411. The van der Waals surface area contributed by atoms with Crippen molar-refractivity contribution in [3.8, 4) is 0 Å². The Labute approximate surface area is 154 Å². The molecule has 25 heavy (non-hydrogen) atoms. The van der Waals surface area contributed by atoms with Gasteiger partial charge in [0.15, 0.2) is 0 Å². The first kappa shape index (κ1) is 17.1. The van der Waals surface area contributed by atoms with Crippen LogP contribution < -0.4 is 0 Å². The predicted octanol–water partition coefficient (Wildman–Crippen LogP) is 3.85. The summed E-state index contributed by atoms with van der Waals surface area (Å²) in [6, 6.07) is 17.6. The highest BCUT2D eigenvalue weighted by Crippen LogP contribution is 2.11. The highest BCUT2D eigenvalue weighted by Gasteiger charge is 2.04. The first-order valence-corrected chi connectivity index (χ1v) is 8.52. The Hall–Kier alpha value is -2.73. The van der Waals surface area contributed by atoms with Gasteiger partial charge in [0.2, 0.25) is 0 Å². The van der Waals surface area contributed by atoms with Gasteiger partial charge in [-0.2, -0.15) is 0 Å². The van der Waals surface area contributed by atoms with Gasteiger partial charge in [-0.05, 0) is 29.3 Å². The van der Waals surface area contributed by atoms with Crippen molar-refractivity contribution >= 4 is 28.0 Å². The van der Waals surface area contributed by atoms with Gasteiger partial charge in [-0.3, -0.25) is 0 Å². The highest BCUT2D eigenvalue weighted by atomic mass is 79.9. The predicted molar refractivity (Wildman–Crippen MR) is 98.5 cm³/mol. The van der Waals surface area contributed by atoms with Crippen LogP contribution >= 0.6 is 15.9 Å². The van der Waals surface area contributed by atoms with Crippen LogP contribution in [-0.2, 0) is 22.7 Å². The van der Waals surface area contributed by atoms with E-state index in [4.69, 9.17) is 4.74 Å². The topological polar surface area (TPSA) is 57.0 Å². The molecule has 0 fully saturated rings. The minimum absolute atomic E-state index is 0.0955. The third-order valence-electron chi connectivity index (χ3n) is 3.42. The van der Waals surface area contributed by atoms with Crippen molar-refractivity contribution in [3.63, 3.8) is 0 Å². The lowest BCUT2D eigenvalue weighted by molar-refractivity contribution is -0.139. The lowest BCUT2D eigenvalue weighted by Gasteiger charge is -2.01. The summed E-state index contributed by atoms with van der Waals surface area (Å²) in [7, 11) is 0. The van der Waals surface area contributed by atoms with E-state index in [0.717, 1.165) is 15.6 Å². The van der Waals surface area contributed by atoms with Gasteiger partial charge in [0.05, 0.1) is 12.7 Å². The average molecular weight is 398 g/mol. The fourth-order valence-corrected chi connectivity index (χ4v) is 2.44. The van der Waals surface area contributed by atoms with Crippen molar-refractivity contribution in [1.29, 1.82) is 0 Å². The van der Waals surface area contributed by atoms with Crippen LogP contribution in [0.3, 0.4) is 0 Å². The molecule has 2 aromatic carbocycles. The number of carbonyl (C=O) groups is 1. The van der Waals surface area contributed by atoms with Crippen molar-refractivity contribution in [3.05, 3.63) is 88.2 Å². The standard InChI is InChI=1S/C19H16BrN3O2/c20-17-9-6-16(7-10-17)12-23-13-18(21-22-23)14-25-19(24)11-8-15-4-2-1-3-5-15/h1-11,13H,12,14H2/b11-8+. The Balaban J connectivity index is 1.50. The number of ether oxygens (including phenoxy) is 1. The van der Waals surface area contributed by atoms with E-state index in [-0.39, 0.29) is 6.61 Å². The van der Waals surface area contributed by atoms with Crippen LogP contribution in [0.15, 0.2) is 71.3 Å². The Morgan fingerprint density at radius 2 is 1.88 bits per heavy atom. The smallest absolute Gasteiger partial charge is 0.331 e. The molecule has 126 valence electrons. The highest BCUT2D eigenvalue weighted by molar-refractivity contribution is 9.10. The van der Waals surface area contributed by atoms with E-state index in [2.05, 4.69) is 26.2 Å². The number of nitrogens with zero attached hydrogens (tertiary/aromatic N) is 3. The molecule has 0 radical (unpaired) electrons. The number of aromatic nitrogens is 3. The number of hydrogen-bond acceptors (Lipinski definition) is 4. The molecule has 0 bridgehead atoms. The average Bonchev–Trinajstić information content (AvgIpc) is 3.08. The molecular formula is C19H16BrN3O2. The fourth-order valence-electron chi connectivity index (χ4n) is 2.18. The van der Waals surface area contributed by atoms with Crippen molar-refractivity contribution in [2.45, 2.75) is 13.2 Å². The van der Waals surface area contributed by atoms with E-state index < -0.39 is 5.97 Å². The lowest BCUT2D eigenvalue weighted by Crippen LogP contribution is -2.01. The molecule has 0 aliphatic heterocycles. The van der Waals surface area contributed by atoms with Gasteiger partial charge < -0.3 is 4.74 Å². The van der Waals surface area contributed by atoms with Crippen LogP contribution in [0.5, 0.6) is 0 Å². The third-order valence-corrected chi connectivity index (χ3v) is 3.95. The van der Waals surface area contributed by atoms with Crippen molar-refractivity contribution in [1.82, 2.24) is 15.0 Å². The number of benzene rings is 2. The summed E-state index contributed by atoms with van der Waals surface area (Å²) in [5.41, 5.74) is 2.67. The molecule has 0 N–H and O–H groups in total. The van der Waals surface area contributed by atoms with Crippen LogP contribution in [0.2, 0.25) is 0 Å². The molecule has 0 atom stereocenters. The maximum atomic E-state index is 11.8. The number of halogens is 1. The summed E-state index contributed by atoms with van der Waals surface area (Å²) in [6.45, 7) is 0.709. The van der Waals surface area contributed by atoms with Crippen molar-refractivity contribution in [2.75, 3.05) is 0 Å². The molecule has 0 aliphatic rings. The largest absolute Gasteiger partial charge is 0.456 e. The summed E-state index contributed by atoms with van der Waals surface area (Å²) in [5, 5.41) is 8.07. The minimum Gasteiger partial charge on any atom is -0.456 e. The van der Waals surface area contributed by atoms with E-state index in [1.807, 2.05) is 54.6 Å². The summed E-state index contributed by atoms with van der Waals surface area (Å²) in [6.07, 6.45) is 4.89. The van der Waals surface area contributed by atoms with Gasteiger partial charge in [0, 0.05) is 10.5 Å². The van der Waals surface area contributed by atoms with Crippen molar-refractivity contribution in [2.24, 2.45) is 0 Å². The Morgan fingerprint density at radius 1 is 1.12 bits per heavy atom. The molecule has 3 aromatic rings. The quantitative estimate of drug-likeness (QED) is 0.468. The molecule has 1 heterocycles. The molecular weight excluding hydrogens is 382 g/mol. The van der Waals surface area contributed by atoms with Crippen LogP contribution in [0.4, 0.5) is 0 Å². The van der Waals surface area contributed by atoms with E-state index >= 15 is 0 Å². The third kappa shape index (κ3) is 5.39. The maximum Gasteiger partial charge on any atom is 0.331 e. The normalized spacial score (nSPS) is 10.9. The van der Waals surface area contributed by atoms with E-state index in [0.29, 0.717) is 12.2 Å². The van der Waals surface area contributed by atoms with Gasteiger partial charge in [0.25, 0.3) is 0 Å². The van der Waals surface area contributed by atoms with E-state index in [9.17, 15) is 4.79 Å². The van der Waals surface area contributed by atoms with E-state index in [1.54, 1.807) is 17.0 Å². The number of hydrogen-bond donors (Lipinski definition) is 0. The zero-order valence-corrected chi connectivity index (χ0v) is 15.0. The number of esters is 1. The molecule has 1 aromatic heterocycles. The Bertz CT molecular complexity index is 858. The molecule has 3 rings (SSSR count). The Morgan fingerprint density at radius 3 is 2.64 bits per heavy atom. The van der Waals surface area contributed by atoms with Gasteiger partial charge in [0.1, 0.15) is 12.3 Å². The van der Waals surface area contributed by atoms with Crippen molar-refractivity contribution < 1.29 is 9.53 Å². The number of carbonyl (C=O) groups excluding carboxylic acids is 1. The zero-order chi connectivity index (χ0) is 17.5. The first-order chi connectivity index (χ1) is 12.2. The van der Waals surface area contributed by atoms with Gasteiger partial charge in [-0.25, -0.2) is 9.48 Å². The molecule has 0 spiro atoms. The van der Waals surface area contributed by atoms with Gasteiger partial charge in [-0.1, -0.05) is 63.6 Å². The lowest BCUT2D eigenvalue weighted by atomic mass is 10.2. The second-order valence-corrected chi connectivity index (χ2v) is 6.30. The minimum atomic E-state index is -0.411. The number of rotatable bonds is 6. The van der Waals surface area contributed by atoms with Gasteiger partial charge >= 0.3 is 5.97 Å². The zero-order valence-electron chi connectivity index (χ0n) is 13.4. The van der Waals surface area contributed by atoms with Crippen LogP contribution in [0.1, 0.15) is 16.8 Å². The Kier molecular flexibility index (Phi) is 5.74. The SMILES string of the molecule is O=C(/C=C/c1ccccc1)OCc1cn(Cc2ccc(Br)cc2)nn1. The van der Waals surface area contributed by atoms with Crippen LogP contribution in [-0.4, -0.2) is 21.0 Å². The molecule has 5 nitrogen and oxygen atoms in total. The monoisotopic (exact) mass is 397 g/mol. The second kappa shape index (κ2) is 8.39. The maximum absolute atomic E-state index is 11.8. The molecule has 6 heteroatoms. The van der Waals surface area contributed by atoms with E-state index in [1.165, 1.54) is 6.08 Å². The summed E-state index contributed by atoms with van der Waals surface area (Å²) < 4.78 is 7.93. The fraction of sp³-hybridized carbons (Fsp3) is 0.105.